The zero-order valence-corrected chi connectivity index (χ0v) is 11.8. The average Bonchev–Trinajstić information content (AvgIpc) is 2.76. The zero-order chi connectivity index (χ0) is 12.5. The molecule has 17 heavy (non-hydrogen) atoms. The molecular weight excluding hydrogens is 282 g/mol. The first-order chi connectivity index (χ1) is 8.07. The second-order valence-corrected chi connectivity index (χ2v) is 5.49. The van der Waals surface area contributed by atoms with Crippen molar-refractivity contribution in [3.63, 3.8) is 0 Å². The average molecular weight is 300 g/mol. The van der Waals surface area contributed by atoms with Crippen LogP contribution in [0.5, 0.6) is 5.75 Å². The Bertz CT molecular complexity index is 402. The summed E-state index contributed by atoms with van der Waals surface area (Å²) in [5, 5.41) is 0. The van der Waals surface area contributed by atoms with Gasteiger partial charge in [0.15, 0.2) is 0 Å². The summed E-state index contributed by atoms with van der Waals surface area (Å²) >= 11 is 3.48. The summed E-state index contributed by atoms with van der Waals surface area (Å²) in [7, 11) is 1.65. The summed E-state index contributed by atoms with van der Waals surface area (Å²) in [4.78, 5) is 0. The van der Waals surface area contributed by atoms with Gasteiger partial charge in [0.05, 0.1) is 23.2 Å². The molecule has 4 heteroatoms. The highest BCUT2D eigenvalue weighted by molar-refractivity contribution is 9.10. The van der Waals surface area contributed by atoms with Crippen LogP contribution in [0.1, 0.15) is 31.4 Å². The van der Waals surface area contributed by atoms with Crippen molar-refractivity contribution in [3.8, 4) is 5.75 Å². The molecule has 1 aromatic rings. The topological polar surface area (TPSA) is 44.5 Å². The van der Waals surface area contributed by atoms with Gasteiger partial charge < -0.3 is 15.2 Å². The molecule has 2 atom stereocenters. The van der Waals surface area contributed by atoms with E-state index in [9.17, 15) is 0 Å². The summed E-state index contributed by atoms with van der Waals surface area (Å²) in [6, 6.07) is 5.84. The van der Waals surface area contributed by atoms with E-state index in [1.165, 1.54) is 0 Å². The fourth-order valence-corrected chi connectivity index (χ4v) is 2.83. The first-order valence-corrected chi connectivity index (χ1v) is 6.59. The lowest BCUT2D eigenvalue weighted by Crippen LogP contribution is -2.37. The molecule has 0 bridgehead atoms. The first-order valence-electron chi connectivity index (χ1n) is 5.80. The monoisotopic (exact) mass is 299 g/mol. The smallest absolute Gasteiger partial charge is 0.133 e. The predicted octanol–water partition coefficient (Wildman–Crippen LogP) is 3.03. The van der Waals surface area contributed by atoms with Gasteiger partial charge in [-0.05, 0) is 53.4 Å². The van der Waals surface area contributed by atoms with E-state index in [-0.39, 0.29) is 11.6 Å². The Morgan fingerprint density at radius 2 is 2.29 bits per heavy atom. The van der Waals surface area contributed by atoms with Crippen molar-refractivity contribution < 1.29 is 9.47 Å². The maximum atomic E-state index is 6.31. The summed E-state index contributed by atoms with van der Waals surface area (Å²) in [5.41, 5.74) is 7.14. The lowest BCUT2D eigenvalue weighted by atomic mass is 9.88. The van der Waals surface area contributed by atoms with Crippen molar-refractivity contribution in [1.29, 1.82) is 0 Å². The van der Waals surface area contributed by atoms with Crippen molar-refractivity contribution in [2.75, 3.05) is 13.7 Å². The maximum Gasteiger partial charge on any atom is 0.133 e. The van der Waals surface area contributed by atoms with Gasteiger partial charge in [-0.2, -0.15) is 0 Å². The predicted molar refractivity (Wildman–Crippen MR) is 71.2 cm³/mol. The van der Waals surface area contributed by atoms with E-state index < -0.39 is 0 Å². The second kappa shape index (κ2) is 4.96. The Kier molecular flexibility index (Phi) is 3.76. The van der Waals surface area contributed by atoms with Gasteiger partial charge in [0.2, 0.25) is 0 Å². The van der Waals surface area contributed by atoms with Gasteiger partial charge in [-0.1, -0.05) is 6.07 Å². The van der Waals surface area contributed by atoms with Gasteiger partial charge in [-0.25, -0.2) is 0 Å². The molecule has 1 aromatic carbocycles. The lowest BCUT2D eigenvalue weighted by molar-refractivity contribution is -0.00175. The molecular formula is C13H18BrNO2. The molecule has 1 aliphatic heterocycles. The molecule has 1 aliphatic rings. The van der Waals surface area contributed by atoms with Crippen molar-refractivity contribution >= 4 is 15.9 Å². The van der Waals surface area contributed by atoms with E-state index >= 15 is 0 Å². The molecule has 0 saturated carbocycles. The fourth-order valence-electron chi connectivity index (χ4n) is 2.27. The van der Waals surface area contributed by atoms with Crippen LogP contribution in [-0.2, 0) is 4.74 Å². The molecule has 0 aliphatic carbocycles. The van der Waals surface area contributed by atoms with Crippen LogP contribution in [0, 0.1) is 0 Å². The van der Waals surface area contributed by atoms with E-state index in [0.29, 0.717) is 0 Å². The molecule has 0 aromatic heterocycles. The highest BCUT2D eigenvalue weighted by atomic mass is 79.9. The van der Waals surface area contributed by atoms with E-state index in [0.717, 1.165) is 35.2 Å². The number of hydrogen-bond donors (Lipinski definition) is 1. The quantitative estimate of drug-likeness (QED) is 0.933. The fraction of sp³-hybridized carbons (Fsp3) is 0.538. The molecule has 94 valence electrons. The first kappa shape index (κ1) is 12.9. The largest absolute Gasteiger partial charge is 0.496 e. The van der Waals surface area contributed by atoms with Crippen molar-refractivity contribution in [3.05, 3.63) is 28.2 Å². The lowest BCUT2D eigenvalue weighted by Gasteiger charge is -2.30. The number of rotatable bonds is 3. The molecule has 0 radical (unpaired) electrons. The number of ether oxygens (including phenoxy) is 2. The van der Waals surface area contributed by atoms with E-state index in [4.69, 9.17) is 15.2 Å². The summed E-state index contributed by atoms with van der Waals surface area (Å²) in [6.45, 7) is 2.89. The van der Waals surface area contributed by atoms with Gasteiger partial charge in [-0.15, -0.1) is 0 Å². The Labute approximate surface area is 110 Å². The van der Waals surface area contributed by atoms with Gasteiger partial charge in [0, 0.05) is 6.61 Å². The van der Waals surface area contributed by atoms with Gasteiger partial charge in [-0.3, -0.25) is 0 Å². The minimum Gasteiger partial charge on any atom is -0.496 e. The number of halogens is 1. The molecule has 1 fully saturated rings. The van der Waals surface area contributed by atoms with Gasteiger partial charge in [0.25, 0.3) is 0 Å². The van der Waals surface area contributed by atoms with Crippen molar-refractivity contribution in [2.24, 2.45) is 5.73 Å². The molecule has 1 heterocycles. The normalized spacial score (nSPS) is 25.9. The minimum absolute atomic E-state index is 0.104. The summed E-state index contributed by atoms with van der Waals surface area (Å²) in [5.74, 6) is 0.818. The molecule has 0 amide bonds. The summed E-state index contributed by atoms with van der Waals surface area (Å²) in [6.07, 6.45) is 2.10. The molecule has 1 saturated heterocycles. The number of methoxy groups -OCH3 is 1. The Hall–Kier alpha value is -0.580. The Morgan fingerprint density at radius 3 is 2.82 bits per heavy atom. The number of nitrogens with two attached hydrogens (primary N) is 1. The third-order valence-electron chi connectivity index (χ3n) is 3.44. The number of benzene rings is 1. The van der Waals surface area contributed by atoms with Crippen LogP contribution in [0.25, 0.3) is 0 Å². The standard InChI is InChI=1S/C13H18BrNO2/c1-13(6-3-7-17-13)12(15)9-4-5-11(16-2)10(14)8-9/h4-5,8,12H,3,6-7,15H2,1-2H3. The third-order valence-corrected chi connectivity index (χ3v) is 4.06. The molecule has 2 N–H and O–H groups in total. The van der Waals surface area contributed by atoms with Gasteiger partial charge in [0.1, 0.15) is 5.75 Å². The van der Waals surface area contributed by atoms with Crippen molar-refractivity contribution in [1.82, 2.24) is 0 Å². The maximum absolute atomic E-state index is 6.31. The highest BCUT2D eigenvalue weighted by Crippen LogP contribution is 2.37. The van der Waals surface area contributed by atoms with E-state index in [1.54, 1.807) is 7.11 Å². The Morgan fingerprint density at radius 1 is 1.53 bits per heavy atom. The van der Waals surface area contributed by atoms with Crippen LogP contribution in [-0.4, -0.2) is 19.3 Å². The van der Waals surface area contributed by atoms with Crippen LogP contribution < -0.4 is 10.5 Å². The van der Waals surface area contributed by atoms with E-state index in [1.807, 2.05) is 18.2 Å². The minimum atomic E-state index is -0.242. The molecule has 3 nitrogen and oxygen atoms in total. The van der Waals surface area contributed by atoms with E-state index in [2.05, 4.69) is 22.9 Å². The summed E-state index contributed by atoms with van der Waals surface area (Å²) < 4.78 is 11.9. The molecule has 0 spiro atoms. The van der Waals surface area contributed by atoms with Gasteiger partial charge >= 0.3 is 0 Å². The van der Waals surface area contributed by atoms with Crippen LogP contribution >= 0.6 is 15.9 Å². The number of hydrogen-bond acceptors (Lipinski definition) is 3. The molecule has 2 rings (SSSR count). The second-order valence-electron chi connectivity index (χ2n) is 4.64. The highest BCUT2D eigenvalue weighted by Gasteiger charge is 2.37. The van der Waals surface area contributed by atoms with Crippen LogP contribution in [0.15, 0.2) is 22.7 Å². The van der Waals surface area contributed by atoms with Crippen molar-refractivity contribution in [2.45, 2.75) is 31.4 Å². The van der Waals surface area contributed by atoms with Crippen LogP contribution in [0.3, 0.4) is 0 Å². The Balaban J connectivity index is 2.25. The molecule has 2 unspecified atom stereocenters. The third kappa shape index (κ3) is 2.49. The zero-order valence-electron chi connectivity index (χ0n) is 10.2. The SMILES string of the molecule is COc1ccc(C(N)C2(C)CCCO2)cc1Br. The van der Waals surface area contributed by atoms with Crippen LogP contribution in [0.2, 0.25) is 0 Å². The van der Waals surface area contributed by atoms with Crippen LogP contribution in [0.4, 0.5) is 0 Å².